The molecular formula is C17H14N2O2Se. The van der Waals surface area contributed by atoms with E-state index in [0.717, 1.165) is 20.9 Å². The molecule has 0 spiro atoms. The molecule has 110 valence electrons. The fourth-order valence-corrected chi connectivity index (χ4v) is 4.59. The van der Waals surface area contributed by atoms with Crippen LogP contribution >= 0.6 is 0 Å². The summed E-state index contributed by atoms with van der Waals surface area (Å²) in [6, 6.07) is 14.6. The van der Waals surface area contributed by atoms with E-state index >= 15 is 0 Å². The first-order chi connectivity index (χ1) is 10.6. The van der Waals surface area contributed by atoms with Crippen LogP contribution in [0.2, 0.25) is 0 Å². The number of benzene rings is 2. The van der Waals surface area contributed by atoms with E-state index in [2.05, 4.69) is 6.07 Å². The molecule has 5 heteroatoms. The van der Waals surface area contributed by atoms with E-state index in [4.69, 9.17) is 5.26 Å². The standard InChI is InChI=1S/C17H14N2O2Se/c1-2-19-14-8-7-13(9-15(14)22-17(19)21)16(20)12-5-3-11(10-18)4-6-12/h3-9,16,20H,2H2,1H3. The van der Waals surface area contributed by atoms with Crippen LogP contribution in [0.25, 0.3) is 9.78 Å². The van der Waals surface area contributed by atoms with Gasteiger partial charge in [-0.05, 0) is 0 Å². The number of aliphatic hydroxyl groups excluding tert-OH is 1. The predicted molar refractivity (Wildman–Crippen MR) is 86.0 cm³/mol. The van der Waals surface area contributed by atoms with Gasteiger partial charge in [-0.15, -0.1) is 0 Å². The van der Waals surface area contributed by atoms with Gasteiger partial charge in [0, 0.05) is 0 Å². The van der Waals surface area contributed by atoms with E-state index in [9.17, 15) is 9.90 Å². The van der Waals surface area contributed by atoms with Crippen molar-refractivity contribution in [3.63, 3.8) is 0 Å². The Kier molecular flexibility index (Phi) is 4.00. The second-order valence-corrected chi connectivity index (χ2v) is 7.06. The quantitative estimate of drug-likeness (QED) is 0.730. The van der Waals surface area contributed by atoms with E-state index in [1.54, 1.807) is 28.8 Å². The van der Waals surface area contributed by atoms with E-state index in [-0.39, 0.29) is 18.9 Å². The molecule has 0 aliphatic rings. The van der Waals surface area contributed by atoms with Gasteiger partial charge < -0.3 is 0 Å². The Hall–Kier alpha value is -2.12. The maximum atomic E-state index is 11.9. The van der Waals surface area contributed by atoms with Gasteiger partial charge in [-0.25, -0.2) is 0 Å². The number of hydrogen-bond donors (Lipinski definition) is 1. The van der Waals surface area contributed by atoms with E-state index in [1.165, 1.54) is 0 Å². The van der Waals surface area contributed by atoms with Gasteiger partial charge in [0.15, 0.2) is 0 Å². The molecule has 1 atom stereocenters. The van der Waals surface area contributed by atoms with Gasteiger partial charge in [-0.2, -0.15) is 0 Å². The van der Waals surface area contributed by atoms with Crippen molar-refractivity contribution in [2.24, 2.45) is 0 Å². The molecule has 2 aromatic carbocycles. The molecule has 0 amide bonds. The molecule has 0 aliphatic heterocycles. The summed E-state index contributed by atoms with van der Waals surface area (Å²) in [4.78, 5) is 11.9. The van der Waals surface area contributed by atoms with E-state index in [1.807, 2.05) is 25.1 Å². The van der Waals surface area contributed by atoms with Crippen LogP contribution in [0.5, 0.6) is 0 Å². The Balaban J connectivity index is 2.02. The monoisotopic (exact) mass is 358 g/mol. The fourth-order valence-electron chi connectivity index (χ4n) is 2.48. The van der Waals surface area contributed by atoms with Crippen molar-refractivity contribution < 1.29 is 5.11 Å². The van der Waals surface area contributed by atoms with Gasteiger partial charge in [0.1, 0.15) is 0 Å². The second kappa shape index (κ2) is 5.94. The molecule has 3 aromatic rings. The normalized spacial score (nSPS) is 12.2. The number of aliphatic hydroxyl groups is 1. The van der Waals surface area contributed by atoms with Gasteiger partial charge >= 0.3 is 133 Å². The average Bonchev–Trinajstić information content (AvgIpc) is 2.88. The Labute approximate surface area is 133 Å². The summed E-state index contributed by atoms with van der Waals surface area (Å²) in [5.41, 5.74) is 3.04. The molecule has 0 bridgehead atoms. The molecule has 1 aromatic heterocycles. The SMILES string of the molecule is CCn1c(=O)[se]c2cc(C(O)c3ccc(C#N)cc3)ccc21. The number of hydrogen-bond acceptors (Lipinski definition) is 3. The van der Waals surface area contributed by atoms with Crippen molar-refractivity contribution in [2.75, 3.05) is 0 Å². The first-order valence-corrected chi connectivity index (χ1v) is 8.66. The molecule has 1 N–H and O–H groups in total. The van der Waals surface area contributed by atoms with Crippen molar-refractivity contribution in [2.45, 2.75) is 19.6 Å². The Morgan fingerprint density at radius 1 is 1.23 bits per heavy atom. The molecule has 0 saturated carbocycles. The topological polar surface area (TPSA) is 66.0 Å². The van der Waals surface area contributed by atoms with Crippen LogP contribution in [0, 0.1) is 11.3 Å². The zero-order chi connectivity index (χ0) is 15.7. The summed E-state index contributed by atoms with van der Waals surface area (Å²) in [5.74, 6) is 0. The summed E-state index contributed by atoms with van der Waals surface area (Å²) in [6.07, 6.45) is -0.750. The minimum absolute atomic E-state index is 0.162. The van der Waals surface area contributed by atoms with Gasteiger partial charge in [0.2, 0.25) is 0 Å². The summed E-state index contributed by atoms with van der Waals surface area (Å²) in [5, 5.41) is 19.3. The molecule has 0 fully saturated rings. The van der Waals surface area contributed by atoms with Gasteiger partial charge in [0.05, 0.1) is 0 Å². The summed E-state index contributed by atoms with van der Waals surface area (Å²) < 4.78 is 2.97. The van der Waals surface area contributed by atoms with E-state index in [0.29, 0.717) is 12.1 Å². The van der Waals surface area contributed by atoms with Crippen molar-refractivity contribution in [1.82, 2.24) is 4.57 Å². The van der Waals surface area contributed by atoms with Crippen molar-refractivity contribution in [3.05, 3.63) is 68.4 Å². The summed E-state index contributed by atoms with van der Waals surface area (Å²) >= 11 is -0.217. The second-order valence-electron chi connectivity index (χ2n) is 4.98. The van der Waals surface area contributed by atoms with Crippen molar-refractivity contribution in [3.8, 4) is 6.07 Å². The van der Waals surface area contributed by atoms with Crippen LogP contribution in [0.15, 0.2) is 47.3 Å². The number of aryl methyl sites for hydroxylation is 1. The third-order valence-electron chi connectivity index (χ3n) is 3.68. The van der Waals surface area contributed by atoms with Crippen LogP contribution < -0.4 is 4.43 Å². The molecule has 0 saturated heterocycles. The van der Waals surface area contributed by atoms with Crippen LogP contribution in [0.4, 0.5) is 0 Å². The third-order valence-corrected chi connectivity index (χ3v) is 5.66. The predicted octanol–water partition coefficient (Wildman–Crippen LogP) is 2.03. The van der Waals surface area contributed by atoms with E-state index < -0.39 is 6.10 Å². The number of rotatable bonds is 3. The van der Waals surface area contributed by atoms with Gasteiger partial charge in [-0.3, -0.25) is 0 Å². The molecule has 22 heavy (non-hydrogen) atoms. The molecule has 0 aliphatic carbocycles. The molecule has 1 unspecified atom stereocenters. The van der Waals surface area contributed by atoms with Crippen LogP contribution in [0.1, 0.15) is 29.7 Å². The van der Waals surface area contributed by atoms with Gasteiger partial charge in [0.25, 0.3) is 0 Å². The Morgan fingerprint density at radius 2 is 1.91 bits per heavy atom. The van der Waals surface area contributed by atoms with Crippen molar-refractivity contribution >= 4 is 24.3 Å². The summed E-state index contributed by atoms with van der Waals surface area (Å²) in [7, 11) is 0. The Morgan fingerprint density at radius 3 is 2.55 bits per heavy atom. The molecular weight excluding hydrogens is 343 g/mol. The third kappa shape index (κ3) is 2.53. The Bertz CT molecular complexity index is 916. The molecule has 4 nitrogen and oxygen atoms in total. The molecule has 1 heterocycles. The van der Waals surface area contributed by atoms with Gasteiger partial charge in [-0.1, -0.05) is 0 Å². The fraction of sp³-hybridized carbons (Fsp3) is 0.176. The van der Waals surface area contributed by atoms with Crippen LogP contribution in [-0.4, -0.2) is 24.2 Å². The number of nitriles is 1. The summed E-state index contributed by atoms with van der Waals surface area (Å²) in [6.45, 7) is 2.63. The zero-order valence-corrected chi connectivity index (χ0v) is 13.7. The minimum atomic E-state index is -0.750. The average molecular weight is 357 g/mol. The first kappa shape index (κ1) is 14.8. The number of aromatic nitrogens is 1. The van der Waals surface area contributed by atoms with Crippen LogP contribution in [0.3, 0.4) is 0 Å². The first-order valence-electron chi connectivity index (χ1n) is 6.95. The maximum absolute atomic E-state index is 11.9. The number of nitrogens with zero attached hydrogens (tertiary/aromatic N) is 2. The molecule has 3 rings (SSSR count). The number of fused-ring (bicyclic) bond motifs is 1. The molecule has 0 radical (unpaired) electrons. The zero-order valence-electron chi connectivity index (χ0n) is 12.0. The van der Waals surface area contributed by atoms with Crippen molar-refractivity contribution in [1.29, 1.82) is 5.26 Å². The van der Waals surface area contributed by atoms with Crippen LogP contribution in [-0.2, 0) is 6.54 Å².